The molecule has 0 unspecified atom stereocenters. The largest absolute Gasteiger partial charge is 0.494 e. The molecule has 0 N–H and O–H groups in total. The summed E-state index contributed by atoms with van der Waals surface area (Å²) in [4.78, 5) is 33.5. The molecule has 196 valence electrons. The van der Waals surface area contributed by atoms with Crippen molar-refractivity contribution < 1.29 is 9.53 Å². The number of carbonyl (C=O) groups is 1. The summed E-state index contributed by atoms with van der Waals surface area (Å²) in [6, 6.07) is 21.6. The number of piperidine rings is 1. The van der Waals surface area contributed by atoms with E-state index in [4.69, 9.17) is 4.74 Å². The van der Waals surface area contributed by atoms with Crippen LogP contribution in [-0.2, 0) is 17.9 Å². The Morgan fingerprint density at radius 1 is 0.895 bits per heavy atom. The first-order valence-electron chi connectivity index (χ1n) is 13.4. The van der Waals surface area contributed by atoms with Crippen molar-refractivity contribution in [2.75, 3.05) is 31.1 Å². The van der Waals surface area contributed by atoms with Gasteiger partial charge in [0.15, 0.2) is 0 Å². The first-order chi connectivity index (χ1) is 18.7. The van der Waals surface area contributed by atoms with Crippen LogP contribution in [0.2, 0.25) is 0 Å². The minimum Gasteiger partial charge on any atom is -0.494 e. The van der Waals surface area contributed by atoms with Gasteiger partial charge in [0.25, 0.3) is 5.56 Å². The van der Waals surface area contributed by atoms with Crippen LogP contribution in [0, 0.1) is 0 Å². The fourth-order valence-corrected chi connectivity index (χ4v) is 4.95. The lowest BCUT2D eigenvalue weighted by atomic mass is 10.1. The Balaban J connectivity index is 1.16. The number of benzene rings is 2. The molecule has 1 aliphatic rings. The molecular formula is C31H34N4O3. The highest BCUT2D eigenvalue weighted by Crippen LogP contribution is 2.23. The fraction of sp³-hybridized carbons (Fsp3) is 0.323. The Morgan fingerprint density at radius 2 is 1.71 bits per heavy atom. The van der Waals surface area contributed by atoms with Crippen LogP contribution in [0.5, 0.6) is 5.75 Å². The van der Waals surface area contributed by atoms with Gasteiger partial charge in [0.05, 0.1) is 6.61 Å². The maximum absolute atomic E-state index is 13.0. The normalized spacial score (nSPS) is 13.8. The van der Waals surface area contributed by atoms with Crippen molar-refractivity contribution in [3.63, 3.8) is 0 Å². The molecule has 7 nitrogen and oxygen atoms in total. The maximum Gasteiger partial charge on any atom is 0.258 e. The third-order valence-electron chi connectivity index (χ3n) is 7.06. The molecule has 1 amide bonds. The summed E-state index contributed by atoms with van der Waals surface area (Å²) in [7, 11) is 0. The standard InChI is InChI=1S/C31H34N4O3/c36-30-8-3-4-19-35(30)27-9-11-28(12-10-27)38-23-5-18-33(24-25-13-16-32-17-14-25)21-22-34-20-15-26-6-1-2-7-29(26)31(34)37/h1-2,6-7,9-17,20H,3-5,8,18-19,21-24H2. The first kappa shape index (κ1) is 25.7. The zero-order valence-corrected chi connectivity index (χ0v) is 21.7. The number of ether oxygens (including phenoxy) is 1. The quantitative estimate of drug-likeness (QED) is 0.269. The van der Waals surface area contributed by atoms with E-state index in [-0.39, 0.29) is 11.5 Å². The number of fused-ring (bicyclic) bond motifs is 1. The van der Waals surface area contributed by atoms with Gasteiger partial charge in [0.1, 0.15) is 5.75 Å². The highest BCUT2D eigenvalue weighted by atomic mass is 16.5. The molecule has 3 heterocycles. The van der Waals surface area contributed by atoms with Crippen LogP contribution >= 0.6 is 0 Å². The first-order valence-corrected chi connectivity index (χ1v) is 13.4. The number of rotatable bonds is 11. The minimum atomic E-state index is 0.0463. The van der Waals surface area contributed by atoms with E-state index < -0.39 is 0 Å². The van der Waals surface area contributed by atoms with E-state index in [1.807, 2.05) is 90.2 Å². The summed E-state index contributed by atoms with van der Waals surface area (Å²) in [5.41, 5.74) is 2.18. The highest BCUT2D eigenvalue weighted by Gasteiger charge is 2.19. The second kappa shape index (κ2) is 12.5. The lowest BCUT2D eigenvalue weighted by Gasteiger charge is -2.26. The van der Waals surface area contributed by atoms with Crippen molar-refractivity contribution in [2.45, 2.75) is 38.8 Å². The van der Waals surface area contributed by atoms with Crippen LogP contribution in [0.25, 0.3) is 10.8 Å². The van der Waals surface area contributed by atoms with Crippen molar-refractivity contribution in [1.29, 1.82) is 0 Å². The van der Waals surface area contributed by atoms with E-state index in [1.54, 1.807) is 4.57 Å². The fourth-order valence-electron chi connectivity index (χ4n) is 4.95. The molecule has 5 rings (SSSR count). The smallest absolute Gasteiger partial charge is 0.258 e. The molecule has 1 aliphatic heterocycles. The van der Waals surface area contributed by atoms with E-state index in [0.29, 0.717) is 19.6 Å². The van der Waals surface area contributed by atoms with Crippen LogP contribution in [0.15, 0.2) is 90.1 Å². The Hall–Kier alpha value is -3.97. The van der Waals surface area contributed by atoms with Gasteiger partial charge in [-0.1, -0.05) is 18.2 Å². The number of pyridine rings is 2. The van der Waals surface area contributed by atoms with Crippen LogP contribution in [0.3, 0.4) is 0 Å². The van der Waals surface area contributed by atoms with Gasteiger partial charge in [-0.05, 0) is 78.7 Å². The molecular weight excluding hydrogens is 476 g/mol. The number of anilines is 1. The topological polar surface area (TPSA) is 67.7 Å². The Bertz CT molecular complexity index is 1400. The van der Waals surface area contributed by atoms with Crippen LogP contribution < -0.4 is 15.2 Å². The lowest BCUT2D eigenvalue weighted by Crippen LogP contribution is -2.35. The average Bonchev–Trinajstić information content (AvgIpc) is 2.96. The molecule has 4 aromatic rings. The van der Waals surface area contributed by atoms with Gasteiger partial charge in [-0.25, -0.2) is 0 Å². The van der Waals surface area contributed by atoms with E-state index in [2.05, 4.69) is 9.88 Å². The van der Waals surface area contributed by atoms with Crippen LogP contribution in [0.1, 0.15) is 31.2 Å². The summed E-state index contributed by atoms with van der Waals surface area (Å²) < 4.78 is 7.81. The molecule has 0 spiro atoms. The van der Waals surface area contributed by atoms with E-state index >= 15 is 0 Å². The second-order valence-electron chi connectivity index (χ2n) is 9.73. The number of amides is 1. The van der Waals surface area contributed by atoms with Gasteiger partial charge in [-0.15, -0.1) is 0 Å². The molecule has 38 heavy (non-hydrogen) atoms. The average molecular weight is 511 g/mol. The number of hydrogen-bond acceptors (Lipinski definition) is 5. The van der Waals surface area contributed by atoms with Gasteiger partial charge >= 0.3 is 0 Å². The van der Waals surface area contributed by atoms with Gasteiger partial charge in [-0.3, -0.25) is 19.5 Å². The number of nitrogens with zero attached hydrogens (tertiary/aromatic N) is 4. The van der Waals surface area contributed by atoms with Gasteiger partial charge in [0.2, 0.25) is 5.91 Å². The van der Waals surface area contributed by atoms with Gasteiger partial charge < -0.3 is 14.2 Å². The molecule has 1 fully saturated rings. The van der Waals surface area contributed by atoms with Crippen molar-refractivity contribution in [3.05, 3.63) is 101 Å². The van der Waals surface area contributed by atoms with Gasteiger partial charge in [-0.2, -0.15) is 0 Å². The number of hydrogen-bond donors (Lipinski definition) is 0. The molecule has 0 aliphatic carbocycles. The molecule has 7 heteroatoms. The van der Waals surface area contributed by atoms with E-state index in [0.717, 1.165) is 67.7 Å². The predicted octanol–water partition coefficient (Wildman–Crippen LogP) is 4.88. The van der Waals surface area contributed by atoms with Crippen molar-refractivity contribution in [1.82, 2.24) is 14.5 Å². The summed E-state index contributed by atoms with van der Waals surface area (Å²) in [5.74, 6) is 1.01. The highest BCUT2D eigenvalue weighted by molar-refractivity contribution is 5.94. The third-order valence-corrected chi connectivity index (χ3v) is 7.06. The van der Waals surface area contributed by atoms with E-state index in [1.165, 1.54) is 5.56 Å². The zero-order chi connectivity index (χ0) is 26.2. The molecule has 2 aromatic heterocycles. The summed E-state index contributed by atoms with van der Waals surface area (Å²) in [6.07, 6.45) is 9.02. The van der Waals surface area contributed by atoms with Crippen molar-refractivity contribution in [3.8, 4) is 5.75 Å². The van der Waals surface area contributed by atoms with Gasteiger partial charge in [0, 0.05) is 68.8 Å². The Labute approximate surface area is 223 Å². The zero-order valence-electron chi connectivity index (χ0n) is 21.7. The molecule has 1 saturated heterocycles. The summed E-state index contributed by atoms with van der Waals surface area (Å²) in [6.45, 7) is 4.36. The molecule has 0 radical (unpaired) electrons. The summed E-state index contributed by atoms with van der Waals surface area (Å²) in [5, 5.41) is 1.72. The Morgan fingerprint density at radius 3 is 2.53 bits per heavy atom. The van der Waals surface area contributed by atoms with Crippen molar-refractivity contribution >= 4 is 22.4 Å². The van der Waals surface area contributed by atoms with E-state index in [9.17, 15) is 9.59 Å². The Kier molecular flexibility index (Phi) is 8.46. The van der Waals surface area contributed by atoms with Crippen molar-refractivity contribution in [2.24, 2.45) is 0 Å². The third kappa shape index (κ3) is 6.47. The second-order valence-corrected chi connectivity index (χ2v) is 9.73. The molecule has 0 atom stereocenters. The lowest BCUT2D eigenvalue weighted by molar-refractivity contribution is -0.119. The molecule has 2 aromatic carbocycles. The SMILES string of the molecule is O=C1CCCCN1c1ccc(OCCCN(CCn2ccc3ccccc3c2=O)Cc2ccncc2)cc1. The predicted molar refractivity (Wildman–Crippen MR) is 150 cm³/mol. The number of carbonyl (C=O) groups excluding carboxylic acids is 1. The molecule has 0 bridgehead atoms. The molecule has 0 saturated carbocycles. The monoisotopic (exact) mass is 510 g/mol. The van der Waals surface area contributed by atoms with Crippen LogP contribution in [-0.4, -0.2) is 46.6 Å². The van der Waals surface area contributed by atoms with Crippen LogP contribution in [0.4, 0.5) is 5.69 Å². The number of aromatic nitrogens is 2. The maximum atomic E-state index is 13.0. The minimum absolute atomic E-state index is 0.0463. The summed E-state index contributed by atoms with van der Waals surface area (Å²) >= 11 is 0.